The Hall–Kier alpha value is -0.160. The zero-order valence-corrected chi connectivity index (χ0v) is 9.06. The van der Waals surface area contributed by atoms with Crippen LogP contribution in [0.25, 0.3) is 0 Å². The molecule has 0 heterocycles. The number of hydrogen-bond acceptors (Lipinski definition) is 4. The normalized spacial score (nSPS) is 34.5. The highest BCUT2D eigenvalue weighted by atomic mass is 17.1. The van der Waals surface area contributed by atoms with Crippen LogP contribution in [0.1, 0.15) is 40.0 Å². The minimum absolute atomic E-state index is 0.0358. The molecule has 14 heavy (non-hydrogen) atoms. The van der Waals surface area contributed by atoms with Gasteiger partial charge in [-0.3, -0.25) is 10.5 Å². The molecule has 3 atom stereocenters. The molecular formula is C10H20O4. The van der Waals surface area contributed by atoms with Gasteiger partial charge < -0.3 is 0 Å². The molecule has 1 fully saturated rings. The van der Waals surface area contributed by atoms with E-state index < -0.39 is 5.60 Å². The summed E-state index contributed by atoms with van der Waals surface area (Å²) in [7, 11) is 0. The summed E-state index contributed by atoms with van der Waals surface area (Å²) < 4.78 is 0. The van der Waals surface area contributed by atoms with Gasteiger partial charge in [0.05, 0.1) is 6.10 Å². The van der Waals surface area contributed by atoms with Crippen molar-refractivity contribution in [3.8, 4) is 0 Å². The monoisotopic (exact) mass is 204 g/mol. The fourth-order valence-corrected chi connectivity index (χ4v) is 2.31. The van der Waals surface area contributed by atoms with Crippen LogP contribution in [0.15, 0.2) is 0 Å². The molecule has 1 rings (SSSR count). The van der Waals surface area contributed by atoms with Crippen molar-refractivity contribution in [1.82, 2.24) is 0 Å². The first-order chi connectivity index (χ1) is 6.51. The molecule has 0 aliphatic heterocycles. The molecule has 2 N–H and O–H groups in total. The summed E-state index contributed by atoms with van der Waals surface area (Å²) in [5, 5.41) is 17.6. The van der Waals surface area contributed by atoms with Gasteiger partial charge in [-0.1, -0.05) is 13.3 Å². The van der Waals surface area contributed by atoms with Crippen LogP contribution < -0.4 is 0 Å². The molecule has 0 saturated heterocycles. The zero-order valence-electron chi connectivity index (χ0n) is 9.06. The van der Waals surface area contributed by atoms with E-state index >= 15 is 0 Å². The highest BCUT2D eigenvalue weighted by molar-refractivity contribution is 4.89. The van der Waals surface area contributed by atoms with E-state index in [1.165, 1.54) is 0 Å². The first kappa shape index (κ1) is 11.9. The van der Waals surface area contributed by atoms with E-state index in [1.54, 1.807) is 13.8 Å². The molecule has 4 heteroatoms. The van der Waals surface area contributed by atoms with Crippen LogP contribution in [0.4, 0.5) is 0 Å². The van der Waals surface area contributed by atoms with Gasteiger partial charge in [-0.05, 0) is 32.6 Å². The standard InChI is InChI=1S/C10H20O4/c1-7-4-5-8(9(6-7)13-11)10(2,3)14-12/h7-9,11-12H,4-6H2,1-3H3. The van der Waals surface area contributed by atoms with E-state index in [1.807, 2.05) is 0 Å². The summed E-state index contributed by atoms with van der Waals surface area (Å²) in [6.07, 6.45) is 2.56. The molecule has 1 saturated carbocycles. The second-order valence-corrected chi connectivity index (χ2v) is 4.86. The van der Waals surface area contributed by atoms with Crippen LogP contribution in [-0.4, -0.2) is 22.2 Å². The first-order valence-corrected chi connectivity index (χ1v) is 5.14. The second kappa shape index (κ2) is 4.57. The van der Waals surface area contributed by atoms with Crippen molar-refractivity contribution in [2.75, 3.05) is 0 Å². The molecule has 1 aliphatic carbocycles. The molecule has 0 bridgehead atoms. The maximum Gasteiger partial charge on any atom is 0.103 e. The van der Waals surface area contributed by atoms with Gasteiger partial charge in [-0.25, -0.2) is 9.78 Å². The summed E-state index contributed by atoms with van der Waals surface area (Å²) >= 11 is 0. The van der Waals surface area contributed by atoms with Gasteiger partial charge in [0, 0.05) is 5.92 Å². The Morgan fingerprint density at radius 3 is 2.36 bits per heavy atom. The molecular weight excluding hydrogens is 184 g/mol. The first-order valence-electron chi connectivity index (χ1n) is 5.14. The number of rotatable bonds is 3. The summed E-state index contributed by atoms with van der Waals surface area (Å²) in [6, 6.07) is 0. The molecule has 1 aliphatic rings. The van der Waals surface area contributed by atoms with Crippen LogP contribution in [0, 0.1) is 11.8 Å². The maximum atomic E-state index is 8.80. The van der Waals surface area contributed by atoms with Crippen molar-refractivity contribution in [3.05, 3.63) is 0 Å². The van der Waals surface area contributed by atoms with Crippen molar-refractivity contribution in [1.29, 1.82) is 0 Å². The largest absolute Gasteiger partial charge is 0.252 e. The van der Waals surface area contributed by atoms with E-state index in [4.69, 9.17) is 10.5 Å². The average Bonchev–Trinajstić information content (AvgIpc) is 2.17. The Bertz CT molecular complexity index is 181. The lowest BCUT2D eigenvalue weighted by molar-refractivity contribution is -0.362. The smallest absolute Gasteiger partial charge is 0.103 e. The lowest BCUT2D eigenvalue weighted by Crippen LogP contribution is -2.45. The van der Waals surface area contributed by atoms with Crippen LogP contribution >= 0.6 is 0 Å². The van der Waals surface area contributed by atoms with Crippen LogP contribution in [0.3, 0.4) is 0 Å². The van der Waals surface area contributed by atoms with Gasteiger partial charge in [0.25, 0.3) is 0 Å². The molecule has 0 spiro atoms. The van der Waals surface area contributed by atoms with Crippen LogP contribution in [0.2, 0.25) is 0 Å². The van der Waals surface area contributed by atoms with Gasteiger partial charge in [0.2, 0.25) is 0 Å². The van der Waals surface area contributed by atoms with Gasteiger partial charge in [0.15, 0.2) is 0 Å². The third-order valence-corrected chi connectivity index (χ3v) is 3.32. The Morgan fingerprint density at radius 2 is 1.86 bits per heavy atom. The highest BCUT2D eigenvalue weighted by Gasteiger charge is 2.41. The van der Waals surface area contributed by atoms with E-state index in [0.717, 1.165) is 19.3 Å². The highest BCUT2D eigenvalue weighted by Crippen LogP contribution is 2.38. The Balaban J connectivity index is 2.67. The van der Waals surface area contributed by atoms with Gasteiger partial charge in [0.1, 0.15) is 5.60 Å². The zero-order chi connectivity index (χ0) is 10.8. The van der Waals surface area contributed by atoms with E-state index in [2.05, 4.69) is 16.7 Å². The Labute approximate surface area is 84.7 Å². The fourth-order valence-electron chi connectivity index (χ4n) is 2.31. The molecule has 4 nitrogen and oxygen atoms in total. The van der Waals surface area contributed by atoms with E-state index in [0.29, 0.717) is 5.92 Å². The van der Waals surface area contributed by atoms with E-state index in [-0.39, 0.29) is 12.0 Å². The van der Waals surface area contributed by atoms with Gasteiger partial charge >= 0.3 is 0 Å². The summed E-state index contributed by atoms with van der Waals surface area (Å²) in [6.45, 7) is 5.74. The lowest BCUT2D eigenvalue weighted by Gasteiger charge is -2.40. The van der Waals surface area contributed by atoms with Crippen molar-refractivity contribution in [2.24, 2.45) is 11.8 Å². The molecule has 84 valence electrons. The van der Waals surface area contributed by atoms with Crippen molar-refractivity contribution >= 4 is 0 Å². The van der Waals surface area contributed by atoms with Crippen LogP contribution in [-0.2, 0) is 9.78 Å². The van der Waals surface area contributed by atoms with Crippen molar-refractivity contribution < 1.29 is 20.3 Å². The number of hydrogen-bond donors (Lipinski definition) is 2. The molecule has 0 amide bonds. The lowest BCUT2D eigenvalue weighted by atomic mass is 9.73. The fraction of sp³-hybridized carbons (Fsp3) is 1.00. The van der Waals surface area contributed by atoms with E-state index in [9.17, 15) is 0 Å². The molecule has 0 aromatic heterocycles. The summed E-state index contributed by atoms with van der Waals surface area (Å²) in [4.78, 5) is 8.92. The predicted octanol–water partition coefficient (Wildman–Crippen LogP) is 2.55. The summed E-state index contributed by atoms with van der Waals surface area (Å²) in [5.74, 6) is 0.589. The summed E-state index contributed by atoms with van der Waals surface area (Å²) in [5.41, 5.74) is -0.659. The quantitative estimate of drug-likeness (QED) is 0.548. The Kier molecular flexibility index (Phi) is 3.89. The van der Waals surface area contributed by atoms with Crippen molar-refractivity contribution in [3.63, 3.8) is 0 Å². The Morgan fingerprint density at radius 1 is 1.21 bits per heavy atom. The van der Waals surface area contributed by atoms with Gasteiger partial charge in [-0.2, -0.15) is 0 Å². The third kappa shape index (κ3) is 2.45. The topological polar surface area (TPSA) is 58.9 Å². The van der Waals surface area contributed by atoms with Crippen LogP contribution in [0.5, 0.6) is 0 Å². The van der Waals surface area contributed by atoms with Crippen molar-refractivity contribution in [2.45, 2.75) is 51.7 Å². The third-order valence-electron chi connectivity index (χ3n) is 3.32. The molecule has 0 aromatic carbocycles. The molecule has 0 aromatic rings. The maximum absolute atomic E-state index is 8.80. The van der Waals surface area contributed by atoms with Gasteiger partial charge in [-0.15, -0.1) is 0 Å². The minimum atomic E-state index is -0.659. The molecule has 0 radical (unpaired) electrons. The molecule has 3 unspecified atom stereocenters. The minimum Gasteiger partial charge on any atom is -0.252 e. The SMILES string of the molecule is CC1CCC(C(C)(C)OO)C(OO)C1. The predicted molar refractivity (Wildman–Crippen MR) is 51.8 cm³/mol. The second-order valence-electron chi connectivity index (χ2n) is 4.86. The average molecular weight is 204 g/mol.